The third-order valence-electron chi connectivity index (χ3n) is 1.76. The van der Waals surface area contributed by atoms with Crippen LogP contribution in [0.25, 0.3) is 0 Å². The Hall–Kier alpha value is -0.160. The van der Waals surface area contributed by atoms with E-state index in [2.05, 4.69) is 0 Å². The molecule has 0 bridgehead atoms. The van der Waals surface area contributed by atoms with Gasteiger partial charge in [0, 0.05) is 19.2 Å². The van der Waals surface area contributed by atoms with E-state index in [-0.39, 0.29) is 19.3 Å². The number of hydrazine groups is 1. The summed E-state index contributed by atoms with van der Waals surface area (Å²) in [5.74, 6) is 5.59. The quantitative estimate of drug-likeness (QED) is 0.357. The summed E-state index contributed by atoms with van der Waals surface area (Å²) in [5, 5.41) is 18.8. The van der Waals surface area contributed by atoms with Gasteiger partial charge in [0.05, 0.1) is 6.61 Å². The number of nitrogens with zero attached hydrogens (tertiary/aromatic N) is 1. The van der Waals surface area contributed by atoms with Gasteiger partial charge in [-0.3, -0.25) is 5.84 Å². The average molecular weight is 162 g/mol. The molecule has 0 heterocycles. The lowest BCUT2D eigenvalue weighted by molar-refractivity contribution is 0.125. The highest BCUT2D eigenvalue weighted by Gasteiger charge is 2.10. The van der Waals surface area contributed by atoms with Gasteiger partial charge in [0.1, 0.15) is 0 Å². The maximum Gasteiger partial charge on any atom is 0.0572 e. The Kier molecular flexibility index (Phi) is 6.45. The Balaban J connectivity index is 3.61. The Morgan fingerprint density at radius 1 is 1.36 bits per heavy atom. The molecule has 0 rings (SSSR count). The average Bonchev–Trinajstić information content (AvgIpc) is 2.00. The van der Waals surface area contributed by atoms with E-state index in [1.165, 1.54) is 0 Å². The maximum atomic E-state index is 8.64. The molecule has 0 aliphatic heterocycles. The van der Waals surface area contributed by atoms with Crippen molar-refractivity contribution in [2.75, 3.05) is 19.8 Å². The zero-order valence-electron chi connectivity index (χ0n) is 7.03. The first-order valence-corrected chi connectivity index (χ1v) is 3.99. The summed E-state index contributed by atoms with van der Waals surface area (Å²) in [6.45, 7) is 2.70. The number of aliphatic hydroxyl groups is 2. The van der Waals surface area contributed by atoms with Gasteiger partial charge in [-0.2, -0.15) is 0 Å². The number of aliphatic hydroxyl groups excluding tert-OH is 2. The van der Waals surface area contributed by atoms with Gasteiger partial charge in [0.2, 0.25) is 0 Å². The lowest BCUT2D eigenvalue weighted by Gasteiger charge is -2.24. The molecule has 0 amide bonds. The molecule has 0 radical (unpaired) electrons. The predicted molar refractivity (Wildman–Crippen MR) is 43.8 cm³/mol. The lowest BCUT2D eigenvalue weighted by Crippen LogP contribution is -2.43. The van der Waals surface area contributed by atoms with Crippen LogP contribution in [0.1, 0.15) is 19.8 Å². The monoisotopic (exact) mass is 162 g/mol. The standard InChI is InChI=1S/C7H18N2O2/c1-2-7(3-5-10)9(8)4-6-11/h7,10-11H,2-6,8H2,1H3. The molecule has 1 atom stereocenters. The minimum absolute atomic E-state index is 0.0679. The fourth-order valence-electron chi connectivity index (χ4n) is 1.05. The van der Waals surface area contributed by atoms with Gasteiger partial charge in [-0.1, -0.05) is 6.92 Å². The second-order valence-electron chi connectivity index (χ2n) is 2.54. The highest BCUT2D eigenvalue weighted by molar-refractivity contribution is 4.64. The van der Waals surface area contributed by atoms with Crippen molar-refractivity contribution in [2.45, 2.75) is 25.8 Å². The van der Waals surface area contributed by atoms with Crippen LogP contribution in [-0.2, 0) is 0 Å². The molecular weight excluding hydrogens is 144 g/mol. The van der Waals surface area contributed by atoms with E-state index in [0.29, 0.717) is 13.0 Å². The van der Waals surface area contributed by atoms with E-state index < -0.39 is 0 Å². The third-order valence-corrected chi connectivity index (χ3v) is 1.76. The molecule has 68 valence electrons. The van der Waals surface area contributed by atoms with Gasteiger partial charge in [-0.25, -0.2) is 5.01 Å². The maximum absolute atomic E-state index is 8.64. The van der Waals surface area contributed by atoms with E-state index in [1.807, 2.05) is 6.92 Å². The minimum Gasteiger partial charge on any atom is -0.396 e. The number of hydrogen-bond acceptors (Lipinski definition) is 4. The van der Waals surface area contributed by atoms with Crippen molar-refractivity contribution in [3.8, 4) is 0 Å². The Morgan fingerprint density at radius 3 is 2.36 bits per heavy atom. The fraction of sp³-hybridized carbons (Fsp3) is 1.00. The molecule has 11 heavy (non-hydrogen) atoms. The molecule has 4 heteroatoms. The van der Waals surface area contributed by atoms with E-state index in [1.54, 1.807) is 5.01 Å². The largest absolute Gasteiger partial charge is 0.396 e. The molecule has 0 spiro atoms. The fourth-order valence-corrected chi connectivity index (χ4v) is 1.05. The Morgan fingerprint density at radius 2 is 2.00 bits per heavy atom. The van der Waals surface area contributed by atoms with E-state index in [9.17, 15) is 0 Å². The summed E-state index contributed by atoms with van der Waals surface area (Å²) in [4.78, 5) is 0. The van der Waals surface area contributed by atoms with Crippen LogP contribution in [0.5, 0.6) is 0 Å². The van der Waals surface area contributed by atoms with Gasteiger partial charge >= 0.3 is 0 Å². The first kappa shape index (κ1) is 10.8. The number of rotatable bonds is 6. The van der Waals surface area contributed by atoms with Crippen molar-refractivity contribution >= 4 is 0 Å². The molecule has 0 saturated heterocycles. The van der Waals surface area contributed by atoms with E-state index in [4.69, 9.17) is 16.1 Å². The van der Waals surface area contributed by atoms with Gasteiger partial charge < -0.3 is 10.2 Å². The summed E-state index contributed by atoms with van der Waals surface area (Å²) in [6.07, 6.45) is 1.57. The van der Waals surface area contributed by atoms with Crippen LogP contribution in [0.15, 0.2) is 0 Å². The van der Waals surface area contributed by atoms with Crippen molar-refractivity contribution in [1.82, 2.24) is 5.01 Å². The highest BCUT2D eigenvalue weighted by atomic mass is 16.3. The summed E-state index contributed by atoms with van der Waals surface area (Å²) in [6, 6.07) is 0.187. The van der Waals surface area contributed by atoms with E-state index in [0.717, 1.165) is 6.42 Å². The lowest BCUT2D eigenvalue weighted by atomic mass is 10.1. The molecule has 0 aromatic rings. The van der Waals surface area contributed by atoms with Crippen LogP contribution in [0.3, 0.4) is 0 Å². The SMILES string of the molecule is CCC(CCO)N(N)CCO. The Bertz CT molecular complexity index is 90.5. The molecule has 0 fully saturated rings. The van der Waals surface area contributed by atoms with Gasteiger partial charge in [-0.05, 0) is 12.8 Å². The van der Waals surface area contributed by atoms with Gasteiger partial charge in [0.25, 0.3) is 0 Å². The molecular formula is C7H18N2O2. The summed E-state index contributed by atoms with van der Waals surface area (Å²) >= 11 is 0. The van der Waals surface area contributed by atoms with Crippen LogP contribution < -0.4 is 5.84 Å². The zero-order valence-corrected chi connectivity index (χ0v) is 7.03. The van der Waals surface area contributed by atoms with Crippen molar-refractivity contribution in [1.29, 1.82) is 0 Å². The van der Waals surface area contributed by atoms with E-state index >= 15 is 0 Å². The zero-order chi connectivity index (χ0) is 8.69. The smallest absolute Gasteiger partial charge is 0.0572 e. The first-order valence-electron chi connectivity index (χ1n) is 3.99. The van der Waals surface area contributed by atoms with Crippen molar-refractivity contribution in [3.63, 3.8) is 0 Å². The molecule has 0 aromatic carbocycles. The molecule has 0 aromatic heterocycles. The van der Waals surface area contributed by atoms with Crippen LogP contribution in [-0.4, -0.2) is 41.0 Å². The molecule has 0 saturated carbocycles. The van der Waals surface area contributed by atoms with Crippen molar-refractivity contribution < 1.29 is 10.2 Å². The number of hydrogen-bond donors (Lipinski definition) is 3. The van der Waals surface area contributed by atoms with Gasteiger partial charge in [0.15, 0.2) is 0 Å². The Labute approximate surface area is 67.6 Å². The van der Waals surface area contributed by atoms with Crippen molar-refractivity contribution in [3.05, 3.63) is 0 Å². The normalized spacial score (nSPS) is 13.9. The molecule has 0 aliphatic carbocycles. The summed E-state index contributed by atoms with van der Waals surface area (Å²) in [7, 11) is 0. The van der Waals surface area contributed by atoms with Crippen LogP contribution >= 0.6 is 0 Å². The van der Waals surface area contributed by atoms with Crippen LogP contribution in [0, 0.1) is 0 Å². The minimum atomic E-state index is 0.0679. The summed E-state index contributed by atoms with van der Waals surface area (Å²) < 4.78 is 0. The topological polar surface area (TPSA) is 69.7 Å². The highest BCUT2D eigenvalue weighted by Crippen LogP contribution is 2.02. The second kappa shape index (κ2) is 6.54. The van der Waals surface area contributed by atoms with Crippen LogP contribution in [0.4, 0.5) is 0 Å². The molecule has 1 unspecified atom stereocenters. The summed E-state index contributed by atoms with van der Waals surface area (Å²) in [5.41, 5.74) is 0. The third kappa shape index (κ3) is 4.31. The first-order chi connectivity index (χ1) is 5.26. The predicted octanol–water partition coefficient (Wildman–Crippen LogP) is -0.685. The van der Waals surface area contributed by atoms with Crippen LogP contribution in [0.2, 0.25) is 0 Å². The molecule has 0 aliphatic rings. The molecule has 4 nitrogen and oxygen atoms in total. The second-order valence-corrected chi connectivity index (χ2v) is 2.54. The van der Waals surface area contributed by atoms with Crippen molar-refractivity contribution in [2.24, 2.45) is 5.84 Å². The van der Waals surface area contributed by atoms with Gasteiger partial charge in [-0.15, -0.1) is 0 Å². The number of nitrogens with two attached hydrogens (primary N) is 1. The molecule has 4 N–H and O–H groups in total.